The summed E-state index contributed by atoms with van der Waals surface area (Å²) < 4.78 is 27.2. The fraction of sp³-hybridized carbons (Fsp3) is 0.714. The first-order valence-corrected chi connectivity index (χ1v) is 6.10. The predicted octanol–water partition coefficient (Wildman–Crippen LogP) is -0.655. The van der Waals surface area contributed by atoms with E-state index in [4.69, 9.17) is 9.88 Å². The fourth-order valence-corrected chi connectivity index (χ4v) is 2.04. The van der Waals surface area contributed by atoms with Crippen LogP contribution < -0.4 is 5.14 Å². The molecular formula is C7H12N4O3S. The second kappa shape index (κ2) is 3.54. The molecule has 2 unspecified atom stereocenters. The van der Waals surface area contributed by atoms with Crippen molar-refractivity contribution in [1.29, 1.82) is 0 Å². The van der Waals surface area contributed by atoms with Gasteiger partial charge < -0.3 is 4.74 Å². The topological polar surface area (TPSA) is 111 Å². The molecule has 84 valence electrons. The third kappa shape index (κ3) is 2.01. The molecule has 3 N–H and O–H groups in total. The summed E-state index contributed by atoms with van der Waals surface area (Å²) in [6.07, 6.45) is 0.826. The number of ether oxygens (including phenoxy) is 1. The van der Waals surface area contributed by atoms with Crippen LogP contribution in [0.25, 0.3) is 0 Å². The number of nitrogens with one attached hydrogen (secondary N) is 1. The van der Waals surface area contributed by atoms with Gasteiger partial charge in [-0.2, -0.15) is 0 Å². The number of rotatable bonds is 2. The number of aromatic nitrogens is 3. The standard InChI is InChI=1S/C7H12N4O3S/c1-4-5(2-3-14-4)6-9-7(11-10-6)15(8,12)13/h4-5H,2-3H2,1H3,(H2,8,12,13)(H,9,10,11). The molecule has 7 nitrogen and oxygen atoms in total. The van der Waals surface area contributed by atoms with E-state index in [0.717, 1.165) is 6.42 Å². The summed E-state index contributed by atoms with van der Waals surface area (Å²) in [6, 6.07) is 0. The van der Waals surface area contributed by atoms with E-state index in [-0.39, 0.29) is 17.2 Å². The van der Waals surface area contributed by atoms with Gasteiger partial charge in [-0.15, -0.1) is 5.10 Å². The highest BCUT2D eigenvalue weighted by atomic mass is 32.2. The molecule has 0 radical (unpaired) electrons. The molecule has 1 saturated heterocycles. The second-order valence-electron chi connectivity index (χ2n) is 3.52. The summed E-state index contributed by atoms with van der Waals surface area (Å²) in [4.78, 5) is 3.85. The van der Waals surface area contributed by atoms with Gasteiger partial charge in [0.15, 0.2) is 0 Å². The van der Waals surface area contributed by atoms with Crippen molar-refractivity contribution < 1.29 is 13.2 Å². The molecule has 0 aromatic carbocycles. The van der Waals surface area contributed by atoms with Crippen molar-refractivity contribution in [1.82, 2.24) is 15.2 Å². The third-order valence-electron chi connectivity index (χ3n) is 2.46. The average molecular weight is 232 g/mol. The largest absolute Gasteiger partial charge is 0.378 e. The molecule has 0 bridgehead atoms. The normalized spacial score (nSPS) is 27.1. The van der Waals surface area contributed by atoms with Crippen LogP contribution in [0.5, 0.6) is 0 Å². The maximum atomic E-state index is 10.9. The maximum Gasteiger partial charge on any atom is 0.282 e. The lowest BCUT2D eigenvalue weighted by atomic mass is 10.0. The van der Waals surface area contributed by atoms with Gasteiger partial charge in [0.2, 0.25) is 0 Å². The number of H-pyrrole nitrogens is 1. The van der Waals surface area contributed by atoms with Crippen LogP contribution in [-0.2, 0) is 14.8 Å². The van der Waals surface area contributed by atoms with Crippen LogP contribution in [0.4, 0.5) is 0 Å². The zero-order valence-corrected chi connectivity index (χ0v) is 8.99. The van der Waals surface area contributed by atoms with Crippen molar-refractivity contribution in [3.8, 4) is 0 Å². The summed E-state index contributed by atoms with van der Waals surface area (Å²) in [5.41, 5.74) is 0. The smallest absolute Gasteiger partial charge is 0.282 e. The van der Waals surface area contributed by atoms with Gasteiger partial charge in [0, 0.05) is 12.5 Å². The lowest BCUT2D eigenvalue weighted by Gasteiger charge is -2.09. The van der Waals surface area contributed by atoms with E-state index in [1.165, 1.54) is 0 Å². The molecule has 0 saturated carbocycles. The number of nitrogens with zero attached hydrogens (tertiary/aromatic N) is 2. The molecule has 0 spiro atoms. The van der Waals surface area contributed by atoms with Gasteiger partial charge in [0.25, 0.3) is 15.2 Å². The summed E-state index contributed by atoms with van der Waals surface area (Å²) in [5, 5.41) is 10.7. The Morgan fingerprint density at radius 2 is 2.33 bits per heavy atom. The van der Waals surface area contributed by atoms with Crippen molar-refractivity contribution in [2.24, 2.45) is 5.14 Å². The number of sulfonamides is 1. The SMILES string of the molecule is CC1OCCC1c1nc(S(N)(=O)=O)n[nH]1. The molecule has 1 fully saturated rings. The maximum absolute atomic E-state index is 10.9. The van der Waals surface area contributed by atoms with Crippen LogP contribution in [0, 0.1) is 0 Å². The Bertz CT molecular complexity index is 455. The van der Waals surface area contributed by atoms with Crippen LogP contribution in [0.3, 0.4) is 0 Å². The molecule has 2 rings (SSSR count). The van der Waals surface area contributed by atoms with Crippen molar-refractivity contribution in [3.05, 3.63) is 5.82 Å². The zero-order valence-electron chi connectivity index (χ0n) is 8.17. The summed E-state index contributed by atoms with van der Waals surface area (Å²) in [6.45, 7) is 2.56. The van der Waals surface area contributed by atoms with Gasteiger partial charge in [-0.05, 0) is 13.3 Å². The third-order valence-corrected chi connectivity index (χ3v) is 3.16. The Morgan fingerprint density at radius 1 is 1.60 bits per heavy atom. The highest BCUT2D eigenvalue weighted by molar-refractivity contribution is 7.89. The van der Waals surface area contributed by atoms with E-state index < -0.39 is 10.0 Å². The Morgan fingerprint density at radius 3 is 2.80 bits per heavy atom. The quantitative estimate of drug-likeness (QED) is 0.703. The monoisotopic (exact) mass is 232 g/mol. The van der Waals surface area contributed by atoms with Crippen molar-refractivity contribution >= 4 is 10.0 Å². The minimum atomic E-state index is -3.82. The van der Waals surface area contributed by atoms with Crippen LogP contribution in [0.2, 0.25) is 0 Å². The van der Waals surface area contributed by atoms with Gasteiger partial charge in [-0.25, -0.2) is 18.5 Å². The van der Waals surface area contributed by atoms with Crippen LogP contribution in [0.15, 0.2) is 5.16 Å². The lowest BCUT2D eigenvalue weighted by molar-refractivity contribution is 0.117. The Labute approximate surface area is 87.1 Å². The molecule has 8 heteroatoms. The predicted molar refractivity (Wildman–Crippen MR) is 50.5 cm³/mol. The molecule has 1 aromatic rings. The molecule has 1 aliphatic rings. The molecule has 2 atom stereocenters. The van der Waals surface area contributed by atoms with Gasteiger partial charge >= 0.3 is 0 Å². The summed E-state index contributed by atoms with van der Waals surface area (Å²) in [7, 11) is -3.82. The minimum Gasteiger partial charge on any atom is -0.378 e. The van der Waals surface area contributed by atoms with E-state index in [1.807, 2.05) is 6.92 Å². The van der Waals surface area contributed by atoms with E-state index in [1.54, 1.807) is 0 Å². The molecule has 1 aliphatic heterocycles. The molecule has 15 heavy (non-hydrogen) atoms. The summed E-state index contributed by atoms with van der Waals surface area (Å²) in [5.74, 6) is 0.581. The highest BCUT2D eigenvalue weighted by Gasteiger charge is 2.29. The van der Waals surface area contributed by atoms with E-state index >= 15 is 0 Å². The summed E-state index contributed by atoms with van der Waals surface area (Å²) >= 11 is 0. The molecule has 0 aliphatic carbocycles. The van der Waals surface area contributed by atoms with Crippen LogP contribution in [-0.4, -0.2) is 36.3 Å². The lowest BCUT2D eigenvalue weighted by Crippen LogP contribution is -2.14. The number of hydrogen-bond donors (Lipinski definition) is 2. The van der Waals surface area contributed by atoms with Gasteiger partial charge in [-0.1, -0.05) is 0 Å². The van der Waals surface area contributed by atoms with Gasteiger partial charge in [0.1, 0.15) is 5.82 Å². The zero-order chi connectivity index (χ0) is 11.1. The van der Waals surface area contributed by atoms with E-state index in [0.29, 0.717) is 12.4 Å². The van der Waals surface area contributed by atoms with E-state index in [2.05, 4.69) is 15.2 Å². The molecule has 1 aromatic heterocycles. The first kappa shape index (κ1) is 10.5. The first-order valence-electron chi connectivity index (χ1n) is 4.55. The Kier molecular flexibility index (Phi) is 2.49. The van der Waals surface area contributed by atoms with Crippen LogP contribution >= 0.6 is 0 Å². The van der Waals surface area contributed by atoms with Crippen molar-refractivity contribution in [2.45, 2.75) is 30.5 Å². The van der Waals surface area contributed by atoms with E-state index in [9.17, 15) is 8.42 Å². The second-order valence-corrected chi connectivity index (χ2v) is 4.97. The fourth-order valence-electron chi connectivity index (χ4n) is 1.64. The number of hydrogen-bond acceptors (Lipinski definition) is 5. The van der Waals surface area contributed by atoms with Gasteiger partial charge in [-0.3, -0.25) is 5.10 Å². The van der Waals surface area contributed by atoms with Gasteiger partial charge in [0.05, 0.1) is 6.10 Å². The minimum absolute atomic E-state index is 0.0197. The highest BCUT2D eigenvalue weighted by Crippen LogP contribution is 2.28. The number of nitrogens with two attached hydrogens (primary N) is 1. The molecule has 2 heterocycles. The molecular weight excluding hydrogens is 220 g/mol. The molecule has 0 amide bonds. The average Bonchev–Trinajstić information content (AvgIpc) is 2.69. The van der Waals surface area contributed by atoms with Crippen molar-refractivity contribution in [3.63, 3.8) is 0 Å². The Balaban J connectivity index is 2.28. The Hall–Kier alpha value is -0.990. The number of aromatic amines is 1. The van der Waals surface area contributed by atoms with Crippen molar-refractivity contribution in [2.75, 3.05) is 6.61 Å². The van der Waals surface area contributed by atoms with Crippen LogP contribution in [0.1, 0.15) is 25.1 Å². The first-order chi connectivity index (χ1) is 6.98. The number of primary sulfonamides is 1.